The fourth-order valence-electron chi connectivity index (χ4n) is 2.01. The van der Waals surface area contributed by atoms with E-state index in [0.717, 1.165) is 13.1 Å². The Kier molecular flexibility index (Phi) is 4.20. The fraction of sp³-hybridized carbons (Fsp3) is 1.00. The average molecular weight is 184 g/mol. The molecule has 2 heteroatoms. The summed E-state index contributed by atoms with van der Waals surface area (Å²) >= 11 is 0. The minimum Gasteiger partial charge on any atom is -0.330 e. The number of nitrogens with one attached hydrogen (secondary N) is 1. The Labute approximate surface area is 82.3 Å². The monoisotopic (exact) mass is 184 g/mol. The number of nitrogens with two attached hydrogens (primary N) is 1. The molecule has 1 saturated carbocycles. The van der Waals surface area contributed by atoms with Crippen LogP contribution in [0.1, 0.15) is 46.0 Å². The molecule has 0 radical (unpaired) electrons. The Morgan fingerprint density at radius 2 is 2.08 bits per heavy atom. The lowest BCUT2D eigenvalue weighted by Crippen LogP contribution is -2.52. The average Bonchev–Trinajstić information content (AvgIpc) is 2.10. The van der Waals surface area contributed by atoms with Gasteiger partial charge in [-0.3, -0.25) is 0 Å². The summed E-state index contributed by atoms with van der Waals surface area (Å²) in [6, 6.07) is 0. The summed E-state index contributed by atoms with van der Waals surface area (Å²) in [6.07, 6.45) is 6.60. The van der Waals surface area contributed by atoms with E-state index < -0.39 is 0 Å². The maximum Gasteiger partial charge on any atom is 0.0179 e. The molecule has 3 N–H and O–H groups in total. The topological polar surface area (TPSA) is 38.0 Å². The molecule has 1 fully saturated rings. The Morgan fingerprint density at radius 1 is 1.38 bits per heavy atom. The molecule has 0 aromatic rings. The van der Waals surface area contributed by atoms with Crippen molar-refractivity contribution in [2.75, 3.05) is 13.1 Å². The molecule has 0 aromatic heterocycles. The summed E-state index contributed by atoms with van der Waals surface area (Å²) in [4.78, 5) is 0. The first kappa shape index (κ1) is 11.0. The molecule has 78 valence electrons. The second-order valence-electron chi connectivity index (χ2n) is 4.38. The largest absolute Gasteiger partial charge is 0.330 e. The highest BCUT2D eigenvalue weighted by Gasteiger charge is 2.34. The van der Waals surface area contributed by atoms with Gasteiger partial charge in [-0.2, -0.15) is 0 Å². The summed E-state index contributed by atoms with van der Waals surface area (Å²) in [7, 11) is 0. The van der Waals surface area contributed by atoms with Crippen molar-refractivity contribution in [1.82, 2.24) is 5.32 Å². The van der Waals surface area contributed by atoms with Crippen LogP contribution in [0.15, 0.2) is 0 Å². The van der Waals surface area contributed by atoms with Gasteiger partial charge in [0.1, 0.15) is 0 Å². The molecule has 1 aliphatic rings. The van der Waals surface area contributed by atoms with Gasteiger partial charge in [0, 0.05) is 5.54 Å². The highest BCUT2D eigenvalue weighted by Crippen LogP contribution is 2.34. The van der Waals surface area contributed by atoms with Crippen LogP contribution in [0, 0.1) is 5.92 Å². The molecule has 2 nitrogen and oxygen atoms in total. The third kappa shape index (κ3) is 2.68. The molecule has 0 aliphatic heterocycles. The summed E-state index contributed by atoms with van der Waals surface area (Å²) in [5, 5.41) is 3.70. The summed E-state index contributed by atoms with van der Waals surface area (Å²) < 4.78 is 0. The summed E-state index contributed by atoms with van der Waals surface area (Å²) in [5.74, 6) is 0.670. The first-order valence-corrected chi connectivity index (χ1v) is 5.71. The van der Waals surface area contributed by atoms with Crippen LogP contribution in [0.5, 0.6) is 0 Å². The van der Waals surface area contributed by atoms with E-state index in [-0.39, 0.29) is 0 Å². The maximum atomic E-state index is 5.67. The van der Waals surface area contributed by atoms with Gasteiger partial charge >= 0.3 is 0 Å². The van der Waals surface area contributed by atoms with Gasteiger partial charge in [-0.15, -0.1) is 0 Å². The first-order valence-electron chi connectivity index (χ1n) is 5.71. The van der Waals surface area contributed by atoms with Crippen LogP contribution < -0.4 is 11.1 Å². The summed E-state index contributed by atoms with van der Waals surface area (Å²) in [6.45, 7) is 6.44. The van der Waals surface area contributed by atoms with Crippen molar-refractivity contribution < 1.29 is 0 Å². The molecular weight excluding hydrogens is 160 g/mol. The van der Waals surface area contributed by atoms with Crippen molar-refractivity contribution in [3.63, 3.8) is 0 Å². The van der Waals surface area contributed by atoms with Gasteiger partial charge in [0.2, 0.25) is 0 Å². The molecule has 1 aliphatic carbocycles. The number of rotatable bonds is 6. The van der Waals surface area contributed by atoms with Gasteiger partial charge in [-0.1, -0.05) is 20.3 Å². The highest BCUT2D eigenvalue weighted by atomic mass is 15.0. The Hall–Kier alpha value is -0.0800. The fourth-order valence-corrected chi connectivity index (χ4v) is 2.01. The SMILES string of the molecule is CCC(CN)CNC1(CC)CCC1. The van der Waals surface area contributed by atoms with E-state index in [9.17, 15) is 0 Å². The van der Waals surface area contributed by atoms with E-state index in [1.807, 2.05) is 0 Å². The van der Waals surface area contributed by atoms with E-state index in [0.29, 0.717) is 11.5 Å². The molecular formula is C11H24N2. The zero-order chi connectivity index (χ0) is 9.73. The predicted octanol–water partition coefficient (Wildman–Crippen LogP) is 1.89. The number of hydrogen-bond donors (Lipinski definition) is 2. The van der Waals surface area contributed by atoms with Gasteiger partial charge in [0.25, 0.3) is 0 Å². The van der Waals surface area contributed by atoms with Gasteiger partial charge in [-0.25, -0.2) is 0 Å². The Bertz CT molecular complexity index is 132. The van der Waals surface area contributed by atoms with Gasteiger partial charge in [-0.05, 0) is 44.7 Å². The van der Waals surface area contributed by atoms with Crippen LogP contribution in [0.4, 0.5) is 0 Å². The van der Waals surface area contributed by atoms with Crippen molar-refractivity contribution in [3.8, 4) is 0 Å². The van der Waals surface area contributed by atoms with Crippen LogP contribution in [0.2, 0.25) is 0 Å². The quantitative estimate of drug-likeness (QED) is 0.661. The smallest absolute Gasteiger partial charge is 0.0179 e. The Balaban J connectivity index is 2.23. The zero-order valence-electron chi connectivity index (χ0n) is 9.10. The zero-order valence-corrected chi connectivity index (χ0v) is 9.10. The van der Waals surface area contributed by atoms with Crippen molar-refractivity contribution in [3.05, 3.63) is 0 Å². The summed E-state index contributed by atoms with van der Waals surface area (Å²) in [5.41, 5.74) is 6.16. The number of hydrogen-bond acceptors (Lipinski definition) is 2. The predicted molar refractivity (Wildman–Crippen MR) is 57.7 cm³/mol. The van der Waals surface area contributed by atoms with Crippen molar-refractivity contribution in [2.45, 2.75) is 51.5 Å². The Morgan fingerprint density at radius 3 is 2.38 bits per heavy atom. The molecule has 0 amide bonds. The lowest BCUT2D eigenvalue weighted by atomic mass is 9.74. The molecule has 13 heavy (non-hydrogen) atoms. The molecule has 1 rings (SSSR count). The maximum absolute atomic E-state index is 5.67. The third-order valence-electron chi connectivity index (χ3n) is 3.66. The lowest BCUT2D eigenvalue weighted by Gasteiger charge is -2.43. The molecule has 0 spiro atoms. The van der Waals surface area contributed by atoms with E-state index in [4.69, 9.17) is 5.73 Å². The molecule has 0 bridgehead atoms. The molecule has 0 aromatic carbocycles. The third-order valence-corrected chi connectivity index (χ3v) is 3.66. The van der Waals surface area contributed by atoms with Crippen molar-refractivity contribution in [2.24, 2.45) is 11.7 Å². The second-order valence-corrected chi connectivity index (χ2v) is 4.38. The highest BCUT2D eigenvalue weighted by molar-refractivity contribution is 4.94. The van der Waals surface area contributed by atoms with Gasteiger partial charge < -0.3 is 11.1 Å². The van der Waals surface area contributed by atoms with Crippen LogP contribution in [0.3, 0.4) is 0 Å². The lowest BCUT2D eigenvalue weighted by molar-refractivity contribution is 0.168. The van der Waals surface area contributed by atoms with Gasteiger partial charge in [0.05, 0.1) is 0 Å². The van der Waals surface area contributed by atoms with Crippen LogP contribution in [-0.2, 0) is 0 Å². The van der Waals surface area contributed by atoms with Crippen LogP contribution >= 0.6 is 0 Å². The minimum atomic E-state index is 0.489. The van der Waals surface area contributed by atoms with E-state index >= 15 is 0 Å². The minimum absolute atomic E-state index is 0.489. The van der Waals surface area contributed by atoms with E-state index in [2.05, 4.69) is 19.2 Å². The van der Waals surface area contributed by atoms with Crippen LogP contribution in [-0.4, -0.2) is 18.6 Å². The molecule has 1 atom stereocenters. The normalized spacial score (nSPS) is 22.4. The first-order chi connectivity index (χ1) is 6.26. The van der Waals surface area contributed by atoms with E-state index in [1.165, 1.54) is 32.1 Å². The molecule has 0 heterocycles. The van der Waals surface area contributed by atoms with Crippen molar-refractivity contribution >= 4 is 0 Å². The van der Waals surface area contributed by atoms with Crippen LogP contribution in [0.25, 0.3) is 0 Å². The molecule has 0 saturated heterocycles. The van der Waals surface area contributed by atoms with Gasteiger partial charge in [0.15, 0.2) is 0 Å². The van der Waals surface area contributed by atoms with Crippen molar-refractivity contribution in [1.29, 1.82) is 0 Å². The standard InChI is InChI=1S/C11H24N2/c1-3-10(8-12)9-13-11(4-2)6-5-7-11/h10,13H,3-9,12H2,1-2H3. The second kappa shape index (κ2) is 4.97. The molecule has 1 unspecified atom stereocenters. The van der Waals surface area contributed by atoms with E-state index in [1.54, 1.807) is 0 Å².